The van der Waals surface area contributed by atoms with E-state index in [2.05, 4.69) is 10.2 Å². The molecule has 2 saturated heterocycles. The van der Waals surface area contributed by atoms with Crippen molar-refractivity contribution < 1.29 is 19.6 Å². The second-order valence-corrected chi connectivity index (χ2v) is 11.1. The summed E-state index contributed by atoms with van der Waals surface area (Å²) in [6.07, 6.45) is 7.30. The van der Waals surface area contributed by atoms with Gasteiger partial charge in [-0.3, -0.25) is 14.9 Å². The van der Waals surface area contributed by atoms with Crippen LogP contribution in [0.3, 0.4) is 0 Å². The first-order valence-electron chi connectivity index (χ1n) is 14.2. The molecule has 2 fully saturated rings. The van der Waals surface area contributed by atoms with Gasteiger partial charge < -0.3 is 25.1 Å². The van der Waals surface area contributed by atoms with Crippen LogP contribution < -0.4 is 5.32 Å². The topological polar surface area (TPSA) is 119 Å². The van der Waals surface area contributed by atoms with E-state index >= 15 is 0 Å². The van der Waals surface area contributed by atoms with Crippen molar-refractivity contribution in [1.29, 1.82) is 0 Å². The number of carbonyl (C=O) groups excluding carboxylic acids is 2. The van der Waals surface area contributed by atoms with Crippen molar-refractivity contribution in [3.05, 3.63) is 33.9 Å². The van der Waals surface area contributed by atoms with Gasteiger partial charge in [-0.1, -0.05) is 39.3 Å². The number of aromatic hydroxyl groups is 1. The highest BCUT2D eigenvalue weighted by Gasteiger charge is 2.31. The Balaban J connectivity index is 1.62. The average Bonchev–Trinajstić information content (AvgIpc) is 2.91. The van der Waals surface area contributed by atoms with E-state index in [1.165, 1.54) is 31.4 Å². The molecule has 1 atom stereocenters. The molecular weight excluding hydrogens is 486 g/mol. The summed E-state index contributed by atoms with van der Waals surface area (Å²) in [5, 5.41) is 24.5. The van der Waals surface area contributed by atoms with Gasteiger partial charge in [0.15, 0.2) is 5.75 Å². The number of phenols is 1. The van der Waals surface area contributed by atoms with E-state index in [-0.39, 0.29) is 35.7 Å². The lowest BCUT2D eigenvalue weighted by molar-refractivity contribution is -0.385. The molecule has 0 saturated carbocycles. The minimum absolute atomic E-state index is 0.151. The molecule has 2 heterocycles. The van der Waals surface area contributed by atoms with E-state index < -0.39 is 11.0 Å². The van der Waals surface area contributed by atoms with Gasteiger partial charge in [0.2, 0.25) is 5.91 Å². The van der Waals surface area contributed by atoms with Crippen LogP contribution in [-0.2, 0) is 11.2 Å². The van der Waals surface area contributed by atoms with Gasteiger partial charge in [0.25, 0.3) is 0 Å². The van der Waals surface area contributed by atoms with E-state index in [9.17, 15) is 24.8 Å². The standard InChI is InChI=1S/C28H45N5O5/c1-4-14-31(17-11-22-9-8-10-25(26(22)34)33(37)38)27(35)24(20-21(2)3)29-28(36)32-18-12-23(13-19-32)30-15-6-5-7-16-30/h8-10,21,23-24,34H,4-7,11-20H2,1-3H3,(H,29,36). The summed E-state index contributed by atoms with van der Waals surface area (Å²) >= 11 is 0. The molecule has 0 aliphatic carbocycles. The second-order valence-electron chi connectivity index (χ2n) is 11.1. The lowest BCUT2D eigenvalue weighted by Crippen LogP contribution is -2.55. The third-order valence-electron chi connectivity index (χ3n) is 7.71. The first-order chi connectivity index (χ1) is 18.2. The lowest BCUT2D eigenvalue weighted by Gasteiger charge is -2.40. The number of rotatable bonds is 11. The Morgan fingerprint density at radius 3 is 2.42 bits per heavy atom. The first kappa shape index (κ1) is 29.7. The molecule has 0 radical (unpaired) electrons. The molecule has 1 unspecified atom stereocenters. The minimum Gasteiger partial charge on any atom is -0.502 e. The van der Waals surface area contributed by atoms with E-state index in [1.54, 1.807) is 11.0 Å². The van der Waals surface area contributed by atoms with Crippen LogP contribution in [0.1, 0.15) is 71.3 Å². The number of nitrogens with zero attached hydrogens (tertiary/aromatic N) is 4. The Morgan fingerprint density at radius 2 is 1.82 bits per heavy atom. The number of piperidine rings is 2. The average molecular weight is 532 g/mol. The van der Waals surface area contributed by atoms with E-state index in [0.29, 0.717) is 44.2 Å². The summed E-state index contributed by atoms with van der Waals surface area (Å²) in [5.74, 6) is -0.304. The SMILES string of the molecule is CCCN(CCc1cccc([N+](=O)[O-])c1O)C(=O)C(CC(C)C)NC(=O)N1CCC(N2CCCCC2)CC1. The van der Waals surface area contributed by atoms with Crippen molar-refractivity contribution >= 4 is 17.6 Å². The third kappa shape index (κ3) is 8.06. The van der Waals surface area contributed by atoms with Crippen LogP contribution in [-0.4, -0.2) is 88.0 Å². The Bertz CT molecular complexity index is 942. The van der Waals surface area contributed by atoms with Crippen LogP contribution in [0.5, 0.6) is 5.75 Å². The number of amides is 3. The number of benzene rings is 1. The van der Waals surface area contributed by atoms with Crippen molar-refractivity contribution in [2.45, 2.75) is 84.2 Å². The number of likely N-dealkylation sites (tertiary alicyclic amines) is 2. The largest absolute Gasteiger partial charge is 0.502 e. The zero-order valence-electron chi connectivity index (χ0n) is 23.2. The predicted molar refractivity (Wildman–Crippen MR) is 147 cm³/mol. The molecule has 0 aromatic heterocycles. The fraction of sp³-hybridized carbons (Fsp3) is 0.714. The van der Waals surface area contributed by atoms with Crippen LogP contribution in [0.25, 0.3) is 0 Å². The Hall–Kier alpha value is -2.88. The fourth-order valence-electron chi connectivity index (χ4n) is 5.66. The molecule has 0 spiro atoms. The summed E-state index contributed by atoms with van der Waals surface area (Å²) in [6.45, 7) is 10.5. The van der Waals surface area contributed by atoms with Crippen molar-refractivity contribution in [2.24, 2.45) is 5.92 Å². The highest BCUT2D eigenvalue weighted by atomic mass is 16.6. The summed E-state index contributed by atoms with van der Waals surface area (Å²) in [6, 6.07) is 4.14. The van der Waals surface area contributed by atoms with Gasteiger partial charge in [-0.05, 0) is 64.0 Å². The number of hydrogen-bond donors (Lipinski definition) is 2. The molecular formula is C28H45N5O5. The molecule has 1 aromatic rings. The summed E-state index contributed by atoms with van der Waals surface area (Å²) < 4.78 is 0. The number of nitro benzene ring substituents is 1. The van der Waals surface area contributed by atoms with E-state index in [4.69, 9.17) is 0 Å². The highest BCUT2D eigenvalue weighted by Crippen LogP contribution is 2.29. The number of para-hydroxylation sites is 1. The van der Waals surface area contributed by atoms with Gasteiger partial charge in [-0.2, -0.15) is 0 Å². The fourth-order valence-corrected chi connectivity index (χ4v) is 5.66. The number of nitro groups is 1. The highest BCUT2D eigenvalue weighted by molar-refractivity contribution is 5.87. The second kappa shape index (κ2) is 14.3. The number of phenolic OH excluding ortho intramolecular Hbond substituents is 1. The Morgan fingerprint density at radius 1 is 1.13 bits per heavy atom. The van der Waals surface area contributed by atoms with Crippen LogP contribution in [0, 0.1) is 16.0 Å². The normalized spacial score (nSPS) is 17.8. The van der Waals surface area contributed by atoms with Gasteiger partial charge in [-0.25, -0.2) is 4.79 Å². The van der Waals surface area contributed by atoms with E-state index in [0.717, 1.165) is 32.4 Å². The Kier molecular flexibility index (Phi) is 11.2. The van der Waals surface area contributed by atoms with Gasteiger partial charge in [0.05, 0.1) is 4.92 Å². The molecule has 3 rings (SSSR count). The summed E-state index contributed by atoms with van der Waals surface area (Å²) in [5.41, 5.74) is 0.0824. The monoisotopic (exact) mass is 531 g/mol. The van der Waals surface area contributed by atoms with Gasteiger partial charge in [0, 0.05) is 43.9 Å². The van der Waals surface area contributed by atoms with Gasteiger partial charge in [-0.15, -0.1) is 0 Å². The molecule has 10 nitrogen and oxygen atoms in total. The molecule has 38 heavy (non-hydrogen) atoms. The zero-order valence-corrected chi connectivity index (χ0v) is 23.2. The first-order valence-corrected chi connectivity index (χ1v) is 14.2. The molecule has 10 heteroatoms. The number of carbonyl (C=O) groups is 2. The molecule has 2 aliphatic heterocycles. The maximum atomic E-state index is 13.6. The molecule has 2 aliphatic rings. The van der Waals surface area contributed by atoms with Crippen molar-refractivity contribution in [3.63, 3.8) is 0 Å². The summed E-state index contributed by atoms with van der Waals surface area (Å²) in [7, 11) is 0. The van der Waals surface area contributed by atoms with Crippen LogP contribution >= 0.6 is 0 Å². The van der Waals surface area contributed by atoms with Crippen LogP contribution in [0.15, 0.2) is 18.2 Å². The minimum atomic E-state index is -0.646. The van der Waals surface area contributed by atoms with E-state index in [1.807, 2.05) is 25.7 Å². The van der Waals surface area contributed by atoms with Gasteiger partial charge >= 0.3 is 11.7 Å². The number of hydrogen-bond acceptors (Lipinski definition) is 6. The zero-order chi connectivity index (χ0) is 27.7. The maximum Gasteiger partial charge on any atom is 0.318 e. The molecule has 3 amide bonds. The third-order valence-corrected chi connectivity index (χ3v) is 7.71. The number of urea groups is 1. The molecule has 0 bridgehead atoms. The molecule has 212 valence electrons. The Labute approximate surface area is 226 Å². The predicted octanol–water partition coefficient (Wildman–Crippen LogP) is 4.16. The van der Waals surface area contributed by atoms with Crippen LogP contribution in [0.4, 0.5) is 10.5 Å². The lowest BCUT2D eigenvalue weighted by atomic mass is 10.00. The van der Waals surface area contributed by atoms with Crippen LogP contribution in [0.2, 0.25) is 0 Å². The van der Waals surface area contributed by atoms with Crippen molar-refractivity contribution in [2.75, 3.05) is 39.3 Å². The van der Waals surface area contributed by atoms with Crippen molar-refractivity contribution in [3.8, 4) is 5.75 Å². The molecule has 1 aromatic carbocycles. The molecule has 2 N–H and O–H groups in total. The van der Waals surface area contributed by atoms with Gasteiger partial charge in [0.1, 0.15) is 6.04 Å². The summed E-state index contributed by atoms with van der Waals surface area (Å²) in [4.78, 5) is 43.5. The number of nitrogens with one attached hydrogen (secondary N) is 1. The van der Waals surface area contributed by atoms with Crippen molar-refractivity contribution in [1.82, 2.24) is 20.0 Å². The quantitative estimate of drug-likeness (QED) is 0.327. The maximum absolute atomic E-state index is 13.6. The smallest absolute Gasteiger partial charge is 0.318 e.